The fourth-order valence-electron chi connectivity index (χ4n) is 1.67. The van der Waals surface area contributed by atoms with Gasteiger partial charge in [0.25, 0.3) is 0 Å². The molecule has 0 aliphatic carbocycles. The number of methoxy groups -OCH3 is 2. The molecule has 0 spiro atoms. The van der Waals surface area contributed by atoms with E-state index in [1.165, 1.54) is 0 Å². The van der Waals surface area contributed by atoms with E-state index < -0.39 is 0 Å². The first-order chi connectivity index (χ1) is 9.33. The number of oxazole rings is 1. The van der Waals surface area contributed by atoms with Crippen molar-refractivity contribution in [2.45, 2.75) is 6.54 Å². The zero-order chi connectivity index (χ0) is 13.5. The van der Waals surface area contributed by atoms with Gasteiger partial charge in [-0.15, -0.1) is 0 Å². The lowest BCUT2D eigenvalue weighted by atomic mass is 10.2. The molecule has 0 amide bonds. The summed E-state index contributed by atoms with van der Waals surface area (Å²) < 4.78 is 15.6. The molecule has 0 unspecified atom stereocenters. The lowest BCUT2D eigenvalue weighted by molar-refractivity contribution is 0.199. The summed E-state index contributed by atoms with van der Waals surface area (Å²) in [6.07, 6.45) is 1.66. The van der Waals surface area contributed by atoms with Crippen LogP contribution < -0.4 is 10.1 Å². The maximum atomic E-state index is 5.47. The van der Waals surface area contributed by atoms with Crippen LogP contribution in [-0.4, -0.2) is 32.4 Å². The maximum Gasteiger partial charge on any atom is 0.226 e. The molecule has 1 aromatic heterocycles. The van der Waals surface area contributed by atoms with Crippen molar-refractivity contribution in [1.29, 1.82) is 0 Å². The smallest absolute Gasteiger partial charge is 0.226 e. The fraction of sp³-hybridized carbons (Fsp3) is 0.357. The van der Waals surface area contributed by atoms with E-state index in [4.69, 9.17) is 13.9 Å². The highest BCUT2D eigenvalue weighted by atomic mass is 16.5. The van der Waals surface area contributed by atoms with Crippen molar-refractivity contribution in [3.63, 3.8) is 0 Å². The number of aromatic nitrogens is 1. The first-order valence-electron chi connectivity index (χ1n) is 6.12. The largest absolute Gasteiger partial charge is 0.497 e. The summed E-state index contributed by atoms with van der Waals surface area (Å²) in [7, 11) is 3.32. The van der Waals surface area contributed by atoms with E-state index in [2.05, 4.69) is 10.3 Å². The Labute approximate surface area is 112 Å². The van der Waals surface area contributed by atoms with Crippen LogP contribution in [0.3, 0.4) is 0 Å². The van der Waals surface area contributed by atoms with Crippen LogP contribution in [-0.2, 0) is 11.3 Å². The summed E-state index contributed by atoms with van der Waals surface area (Å²) >= 11 is 0. The topological polar surface area (TPSA) is 56.5 Å². The van der Waals surface area contributed by atoms with Gasteiger partial charge in [0.05, 0.1) is 19.4 Å². The minimum atomic E-state index is 0.599. The molecule has 0 saturated heterocycles. The highest BCUT2D eigenvalue weighted by Gasteiger charge is 2.07. The number of benzene rings is 1. The van der Waals surface area contributed by atoms with Gasteiger partial charge < -0.3 is 19.2 Å². The number of hydrogen-bond donors (Lipinski definition) is 1. The Hall–Kier alpha value is -1.85. The predicted octanol–water partition coefficient (Wildman–Crippen LogP) is 2.09. The van der Waals surface area contributed by atoms with Crippen LogP contribution in [0, 0.1) is 0 Å². The van der Waals surface area contributed by atoms with E-state index in [9.17, 15) is 0 Å². The Morgan fingerprint density at radius 1 is 1.32 bits per heavy atom. The van der Waals surface area contributed by atoms with E-state index in [1.54, 1.807) is 20.5 Å². The highest BCUT2D eigenvalue weighted by molar-refractivity contribution is 5.55. The van der Waals surface area contributed by atoms with Crippen molar-refractivity contribution in [1.82, 2.24) is 10.3 Å². The van der Waals surface area contributed by atoms with E-state index in [0.717, 1.165) is 23.6 Å². The third-order valence-electron chi connectivity index (χ3n) is 2.66. The summed E-state index contributed by atoms with van der Waals surface area (Å²) in [5.74, 6) is 1.39. The monoisotopic (exact) mass is 262 g/mol. The molecule has 0 aliphatic rings. The van der Waals surface area contributed by atoms with E-state index in [-0.39, 0.29) is 0 Å². The van der Waals surface area contributed by atoms with Crippen LogP contribution in [0.5, 0.6) is 5.75 Å². The van der Waals surface area contributed by atoms with Gasteiger partial charge in [0.2, 0.25) is 5.89 Å². The fourth-order valence-corrected chi connectivity index (χ4v) is 1.67. The van der Waals surface area contributed by atoms with Crippen LogP contribution >= 0.6 is 0 Å². The normalized spacial score (nSPS) is 10.6. The highest BCUT2D eigenvalue weighted by Crippen LogP contribution is 2.22. The summed E-state index contributed by atoms with van der Waals surface area (Å²) in [4.78, 5) is 4.43. The Kier molecular flexibility index (Phi) is 4.94. The quantitative estimate of drug-likeness (QED) is 0.774. The molecule has 19 heavy (non-hydrogen) atoms. The maximum absolute atomic E-state index is 5.47. The second-order valence-electron chi connectivity index (χ2n) is 4.05. The molecule has 1 heterocycles. The number of ether oxygens (including phenoxy) is 2. The van der Waals surface area contributed by atoms with Crippen LogP contribution in [0.2, 0.25) is 0 Å². The van der Waals surface area contributed by atoms with Gasteiger partial charge in [0.1, 0.15) is 12.0 Å². The number of nitrogens with zero attached hydrogens (tertiary/aromatic N) is 1. The SMILES string of the molecule is COCCNCc1coc(-c2cccc(OC)c2)n1. The van der Waals surface area contributed by atoms with Crippen molar-refractivity contribution >= 4 is 0 Å². The summed E-state index contributed by atoms with van der Waals surface area (Å²) in [5, 5.41) is 3.22. The molecule has 0 saturated carbocycles. The molecule has 5 nitrogen and oxygen atoms in total. The second-order valence-corrected chi connectivity index (χ2v) is 4.05. The molecule has 2 rings (SSSR count). The Morgan fingerprint density at radius 3 is 3.00 bits per heavy atom. The average molecular weight is 262 g/mol. The standard InChI is InChI=1S/C14H18N2O3/c1-17-7-6-15-9-12-10-19-14(16-12)11-4-3-5-13(8-11)18-2/h3-5,8,10,15H,6-7,9H2,1-2H3. The van der Waals surface area contributed by atoms with E-state index in [1.807, 2.05) is 24.3 Å². The van der Waals surface area contributed by atoms with Gasteiger partial charge in [-0.1, -0.05) is 6.07 Å². The van der Waals surface area contributed by atoms with Crippen LogP contribution in [0.25, 0.3) is 11.5 Å². The molecule has 0 aliphatic heterocycles. The van der Waals surface area contributed by atoms with Gasteiger partial charge in [0, 0.05) is 25.8 Å². The Balaban J connectivity index is 1.99. The van der Waals surface area contributed by atoms with Crippen molar-refractivity contribution in [3.8, 4) is 17.2 Å². The van der Waals surface area contributed by atoms with E-state index >= 15 is 0 Å². The molecule has 0 radical (unpaired) electrons. The summed E-state index contributed by atoms with van der Waals surface area (Å²) in [5.41, 5.74) is 1.77. The number of hydrogen-bond acceptors (Lipinski definition) is 5. The zero-order valence-corrected chi connectivity index (χ0v) is 11.2. The molecule has 0 atom stereocenters. The van der Waals surface area contributed by atoms with Gasteiger partial charge in [-0.05, 0) is 18.2 Å². The van der Waals surface area contributed by atoms with Crippen LogP contribution in [0.15, 0.2) is 34.9 Å². The van der Waals surface area contributed by atoms with Crippen molar-refractivity contribution in [2.75, 3.05) is 27.4 Å². The van der Waals surface area contributed by atoms with Crippen LogP contribution in [0.1, 0.15) is 5.69 Å². The molecule has 0 bridgehead atoms. The Bertz CT molecular complexity index is 511. The lowest BCUT2D eigenvalue weighted by Gasteiger charge is -2.01. The molecule has 2 aromatic rings. The zero-order valence-electron chi connectivity index (χ0n) is 11.2. The Morgan fingerprint density at radius 2 is 2.21 bits per heavy atom. The van der Waals surface area contributed by atoms with Crippen molar-refractivity contribution in [3.05, 3.63) is 36.2 Å². The van der Waals surface area contributed by atoms with Crippen molar-refractivity contribution < 1.29 is 13.9 Å². The van der Waals surface area contributed by atoms with E-state index in [0.29, 0.717) is 19.0 Å². The first kappa shape index (κ1) is 13.6. The first-order valence-corrected chi connectivity index (χ1v) is 6.12. The van der Waals surface area contributed by atoms with Gasteiger partial charge in [-0.2, -0.15) is 0 Å². The van der Waals surface area contributed by atoms with Gasteiger partial charge in [-0.25, -0.2) is 4.98 Å². The molecule has 1 N–H and O–H groups in total. The third-order valence-corrected chi connectivity index (χ3v) is 2.66. The molecular formula is C14H18N2O3. The third kappa shape index (κ3) is 3.81. The molecule has 0 fully saturated rings. The van der Waals surface area contributed by atoms with Gasteiger partial charge in [-0.3, -0.25) is 0 Å². The summed E-state index contributed by atoms with van der Waals surface area (Å²) in [6, 6.07) is 7.64. The average Bonchev–Trinajstić information content (AvgIpc) is 2.92. The molecular weight excluding hydrogens is 244 g/mol. The molecule has 1 aromatic carbocycles. The minimum Gasteiger partial charge on any atom is -0.497 e. The van der Waals surface area contributed by atoms with Gasteiger partial charge >= 0.3 is 0 Å². The van der Waals surface area contributed by atoms with Crippen LogP contribution in [0.4, 0.5) is 0 Å². The lowest BCUT2D eigenvalue weighted by Crippen LogP contribution is -2.18. The van der Waals surface area contributed by atoms with Crippen molar-refractivity contribution in [2.24, 2.45) is 0 Å². The second kappa shape index (κ2) is 6.92. The predicted molar refractivity (Wildman–Crippen MR) is 72.1 cm³/mol. The minimum absolute atomic E-state index is 0.599. The van der Waals surface area contributed by atoms with Gasteiger partial charge in [0.15, 0.2) is 0 Å². The molecule has 5 heteroatoms. The molecule has 102 valence electrons. The number of rotatable bonds is 7. The number of nitrogens with one attached hydrogen (secondary N) is 1. The summed E-state index contributed by atoms with van der Waals surface area (Å²) in [6.45, 7) is 2.13.